The maximum atomic E-state index is 12.2. The highest BCUT2D eigenvalue weighted by Crippen LogP contribution is 2.24. The molecule has 0 bridgehead atoms. The fourth-order valence-corrected chi connectivity index (χ4v) is 1.86. The van der Waals surface area contributed by atoms with Gasteiger partial charge in [-0.3, -0.25) is 14.9 Å². The van der Waals surface area contributed by atoms with Crippen LogP contribution in [0.15, 0.2) is 36.9 Å². The van der Waals surface area contributed by atoms with E-state index < -0.39 is 16.4 Å². The number of nitrogens with one attached hydrogen (secondary N) is 1. The van der Waals surface area contributed by atoms with E-state index in [1.807, 2.05) is 0 Å². The van der Waals surface area contributed by atoms with Gasteiger partial charge in [0.15, 0.2) is 0 Å². The van der Waals surface area contributed by atoms with Crippen molar-refractivity contribution in [1.29, 1.82) is 0 Å². The van der Waals surface area contributed by atoms with Crippen LogP contribution in [0.3, 0.4) is 0 Å². The number of nitrogens with zero attached hydrogens (tertiary/aromatic N) is 3. The number of nitro groups is 1. The molecular formula is C14H19Cl2N5O3. The van der Waals surface area contributed by atoms with Gasteiger partial charge in [-0.25, -0.2) is 4.98 Å². The first-order valence-electron chi connectivity index (χ1n) is 6.63. The molecule has 0 aliphatic carbocycles. The molecule has 1 amide bonds. The summed E-state index contributed by atoms with van der Waals surface area (Å²) in [7, 11) is 0. The van der Waals surface area contributed by atoms with E-state index in [1.54, 1.807) is 20.0 Å². The summed E-state index contributed by atoms with van der Waals surface area (Å²) in [6, 6.07) is 4.30. The summed E-state index contributed by atoms with van der Waals surface area (Å²) >= 11 is 0. The number of halogens is 2. The van der Waals surface area contributed by atoms with Gasteiger partial charge in [-0.05, 0) is 26.0 Å². The van der Waals surface area contributed by atoms with Gasteiger partial charge in [0.25, 0.3) is 11.6 Å². The van der Waals surface area contributed by atoms with Crippen LogP contribution in [-0.2, 0) is 0 Å². The molecule has 1 aromatic heterocycles. The highest BCUT2D eigenvalue weighted by atomic mass is 35.5. The zero-order valence-corrected chi connectivity index (χ0v) is 14.8. The number of imidazole rings is 1. The van der Waals surface area contributed by atoms with Crippen LogP contribution in [0.5, 0.6) is 0 Å². The minimum atomic E-state index is -0.588. The Morgan fingerprint density at radius 2 is 2.08 bits per heavy atom. The van der Waals surface area contributed by atoms with Crippen molar-refractivity contribution >= 4 is 36.4 Å². The molecular weight excluding hydrogens is 357 g/mol. The molecule has 1 heterocycles. The van der Waals surface area contributed by atoms with Crippen LogP contribution in [0.4, 0.5) is 5.69 Å². The van der Waals surface area contributed by atoms with Gasteiger partial charge in [0, 0.05) is 36.1 Å². The maximum Gasteiger partial charge on any atom is 0.294 e. The monoisotopic (exact) mass is 375 g/mol. The maximum absolute atomic E-state index is 12.2. The van der Waals surface area contributed by atoms with E-state index in [4.69, 9.17) is 5.73 Å². The minimum Gasteiger partial charge on any atom is -0.346 e. The summed E-state index contributed by atoms with van der Waals surface area (Å²) in [6.45, 7) is 3.81. The van der Waals surface area contributed by atoms with Crippen molar-refractivity contribution in [2.75, 3.05) is 6.54 Å². The van der Waals surface area contributed by atoms with Crippen LogP contribution in [0.1, 0.15) is 24.2 Å². The number of nitrogens with two attached hydrogens (primary N) is 1. The zero-order chi connectivity index (χ0) is 16.3. The number of carbonyl (C=O) groups excluding carboxylic acids is 1. The number of rotatable bonds is 5. The average Bonchev–Trinajstić information content (AvgIpc) is 3.00. The highest BCUT2D eigenvalue weighted by Gasteiger charge is 2.22. The zero-order valence-electron chi connectivity index (χ0n) is 13.1. The molecule has 0 saturated carbocycles. The SMILES string of the molecule is CC(C)(CN)NC(=O)c1ccc(-n2ccnc2)c([N+](=O)[O-])c1.Cl.Cl. The number of hydrogen-bond acceptors (Lipinski definition) is 5. The average molecular weight is 376 g/mol. The van der Waals surface area contributed by atoms with Gasteiger partial charge in [-0.1, -0.05) is 0 Å². The third-order valence-electron chi connectivity index (χ3n) is 3.18. The smallest absolute Gasteiger partial charge is 0.294 e. The molecule has 0 spiro atoms. The van der Waals surface area contributed by atoms with Crippen molar-refractivity contribution in [2.24, 2.45) is 5.73 Å². The third-order valence-corrected chi connectivity index (χ3v) is 3.18. The molecule has 0 aliphatic rings. The van der Waals surface area contributed by atoms with Crippen LogP contribution in [0.25, 0.3) is 5.69 Å². The van der Waals surface area contributed by atoms with E-state index >= 15 is 0 Å². The molecule has 0 aliphatic heterocycles. The van der Waals surface area contributed by atoms with Gasteiger partial charge in [0.2, 0.25) is 0 Å². The number of aromatic nitrogens is 2. The van der Waals surface area contributed by atoms with E-state index in [0.717, 1.165) is 0 Å². The Morgan fingerprint density at radius 3 is 2.58 bits per heavy atom. The lowest BCUT2D eigenvalue weighted by molar-refractivity contribution is -0.384. The number of amides is 1. The van der Waals surface area contributed by atoms with Crippen molar-refractivity contribution in [1.82, 2.24) is 14.9 Å². The van der Waals surface area contributed by atoms with E-state index in [9.17, 15) is 14.9 Å². The van der Waals surface area contributed by atoms with E-state index in [0.29, 0.717) is 5.69 Å². The van der Waals surface area contributed by atoms with Gasteiger partial charge < -0.3 is 15.6 Å². The minimum absolute atomic E-state index is 0. The largest absolute Gasteiger partial charge is 0.346 e. The van der Waals surface area contributed by atoms with Crippen LogP contribution >= 0.6 is 24.8 Å². The molecule has 2 aromatic rings. The first-order chi connectivity index (χ1) is 10.3. The van der Waals surface area contributed by atoms with Gasteiger partial charge in [0.05, 0.1) is 11.3 Å². The normalized spacial score (nSPS) is 10.3. The Balaban J connectivity index is 0.00000264. The van der Waals surface area contributed by atoms with Gasteiger partial charge in [-0.15, -0.1) is 24.8 Å². The van der Waals surface area contributed by atoms with E-state index in [2.05, 4.69) is 10.3 Å². The summed E-state index contributed by atoms with van der Waals surface area (Å²) in [5.74, 6) is -0.407. The molecule has 0 atom stereocenters. The highest BCUT2D eigenvalue weighted by molar-refractivity contribution is 5.95. The lowest BCUT2D eigenvalue weighted by Crippen LogP contribution is -2.48. The quantitative estimate of drug-likeness (QED) is 0.612. The van der Waals surface area contributed by atoms with Crippen molar-refractivity contribution < 1.29 is 9.72 Å². The Kier molecular flexibility index (Phi) is 7.85. The molecule has 132 valence electrons. The van der Waals surface area contributed by atoms with E-state index in [1.165, 1.54) is 35.3 Å². The molecule has 0 unspecified atom stereocenters. The predicted molar refractivity (Wildman–Crippen MR) is 95.3 cm³/mol. The third kappa shape index (κ3) is 4.92. The molecule has 3 N–H and O–H groups in total. The Morgan fingerprint density at radius 1 is 1.42 bits per heavy atom. The fourth-order valence-electron chi connectivity index (χ4n) is 1.86. The van der Waals surface area contributed by atoms with Gasteiger partial charge >= 0.3 is 0 Å². The lowest BCUT2D eigenvalue weighted by atomic mass is 10.0. The molecule has 0 radical (unpaired) electrons. The number of nitro benzene ring substituents is 1. The summed E-state index contributed by atoms with van der Waals surface area (Å²) < 4.78 is 1.52. The number of carbonyl (C=O) groups is 1. The second-order valence-corrected chi connectivity index (χ2v) is 5.47. The molecule has 8 nitrogen and oxygen atoms in total. The first-order valence-corrected chi connectivity index (χ1v) is 6.63. The van der Waals surface area contributed by atoms with Crippen molar-refractivity contribution in [3.05, 3.63) is 52.6 Å². The molecule has 0 saturated heterocycles. The first kappa shape index (κ1) is 21.8. The molecule has 24 heavy (non-hydrogen) atoms. The molecule has 10 heteroatoms. The summed E-state index contributed by atoms with van der Waals surface area (Å²) in [4.78, 5) is 26.8. The predicted octanol–water partition coefficient (Wildman–Crippen LogP) is 2.09. The molecule has 1 aromatic carbocycles. The second kappa shape index (κ2) is 8.62. The summed E-state index contributed by atoms with van der Waals surface area (Å²) in [6.07, 6.45) is 4.58. The number of hydrogen-bond donors (Lipinski definition) is 2. The topological polar surface area (TPSA) is 116 Å². The lowest BCUT2D eigenvalue weighted by Gasteiger charge is -2.24. The van der Waals surface area contributed by atoms with Gasteiger partial charge in [-0.2, -0.15) is 0 Å². The fraction of sp³-hybridized carbons (Fsp3) is 0.286. The Bertz CT molecular complexity index is 704. The van der Waals surface area contributed by atoms with Crippen LogP contribution in [0.2, 0.25) is 0 Å². The van der Waals surface area contributed by atoms with Crippen LogP contribution in [-0.4, -0.2) is 32.5 Å². The second-order valence-electron chi connectivity index (χ2n) is 5.47. The Labute approximate surface area is 151 Å². The molecule has 0 fully saturated rings. The summed E-state index contributed by atoms with van der Waals surface area (Å²) in [5, 5.41) is 14.0. The van der Waals surface area contributed by atoms with Crippen LogP contribution in [0, 0.1) is 10.1 Å². The van der Waals surface area contributed by atoms with E-state index in [-0.39, 0.29) is 42.6 Å². The standard InChI is InChI=1S/C14H17N5O3.2ClH/c1-14(2,8-15)17-13(20)10-3-4-11(12(7-10)19(21)22)18-6-5-16-9-18;;/h3-7,9H,8,15H2,1-2H3,(H,17,20);2*1H. The van der Waals surface area contributed by atoms with Crippen molar-refractivity contribution in [3.8, 4) is 5.69 Å². The van der Waals surface area contributed by atoms with Crippen molar-refractivity contribution in [2.45, 2.75) is 19.4 Å². The van der Waals surface area contributed by atoms with Crippen molar-refractivity contribution in [3.63, 3.8) is 0 Å². The summed E-state index contributed by atoms with van der Waals surface area (Å²) in [5.41, 5.74) is 5.36. The van der Waals surface area contributed by atoms with Crippen LogP contribution < -0.4 is 11.1 Å². The van der Waals surface area contributed by atoms with Gasteiger partial charge in [0.1, 0.15) is 5.69 Å². The Hall–Kier alpha value is -2.16. The number of benzene rings is 1. The molecule has 2 rings (SSSR count).